The fourth-order valence-electron chi connectivity index (χ4n) is 2.33. The molecule has 0 bridgehead atoms. The summed E-state index contributed by atoms with van der Waals surface area (Å²) in [6.45, 7) is 13.7. The fraction of sp³-hybridized carbons (Fsp3) is 0.222. The van der Waals surface area contributed by atoms with Gasteiger partial charge in [-0.05, 0) is 23.1 Å². The molecule has 0 fully saturated rings. The molecule has 0 unspecified atom stereocenters. The molecule has 1 heterocycles. The van der Waals surface area contributed by atoms with Gasteiger partial charge in [0.05, 0.1) is 17.6 Å². The van der Waals surface area contributed by atoms with Crippen molar-refractivity contribution in [1.29, 1.82) is 0 Å². The van der Waals surface area contributed by atoms with E-state index in [-0.39, 0.29) is 5.41 Å². The fourth-order valence-corrected chi connectivity index (χ4v) is 2.33. The van der Waals surface area contributed by atoms with Gasteiger partial charge in [0.2, 0.25) is 0 Å². The first-order chi connectivity index (χ1) is 9.97. The van der Waals surface area contributed by atoms with E-state index in [9.17, 15) is 0 Å². The summed E-state index contributed by atoms with van der Waals surface area (Å²) < 4.78 is 0. The van der Waals surface area contributed by atoms with Crippen molar-refractivity contribution in [2.24, 2.45) is 0 Å². The molecule has 0 aliphatic heterocycles. The second kappa shape index (κ2) is 4.75. The normalized spacial score (nSPS) is 11.5. The molecular formula is C18H17N3. The third-order valence-corrected chi connectivity index (χ3v) is 3.62. The lowest BCUT2D eigenvalue weighted by molar-refractivity contribution is 0.590. The summed E-state index contributed by atoms with van der Waals surface area (Å²) in [7, 11) is 0. The van der Waals surface area contributed by atoms with Crippen LogP contribution in [0.15, 0.2) is 42.5 Å². The zero-order chi connectivity index (χ0) is 15.0. The van der Waals surface area contributed by atoms with E-state index in [1.807, 2.05) is 12.1 Å². The highest BCUT2D eigenvalue weighted by molar-refractivity contribution is 5.82. The molecule has 0 saturated carbocycles. The maximum Gasteiger partial charge on any atom is 0.189 e. The van der Waals surface area contributed by atoms with Gasteiger partial charge < -0.3 is 4.98 Å². The van der Waals surface area contributed by atoms with Crippen molar-refractivity contribution >= 4 is 16.7 Å². The number of imidazole rings is 1. The Morgan fingerprint density at radius 3 is 2.38 bits per heavy atom. The molecule has 3 rings (SSSR count). The lowest BCUT2D eigenvalue weighted by atomic mass is 9.87. The second-order valence-corrected chi connectivity index (χ2v) is 6.23. The largest absolute Gasteiger partial charge is 0.339 e. The van der Waals surface area contributed by atoms with Crippen LogP contribution in [0.4, 0.5) is 5.69 Å². The summed E-state index contributed by atoms with van der Waals surface area (Å²) in [4.78, 5) is 11.3. The maximum absolute atomic E-state index is 7.06. The monoisotopic (exact) mass is 275 g/mol. The Kier molecular flexibility index (Phi) is 3.03. The Morgan fingerprint density at radius 1 is 1.05 bits per heavy atom. The summed E-state index contributed by atoms with van der Waals surface area (Å²) >= 11 is 0. The first-order valence-corrected chi connectivity index (χ1v) is 6.95. The molecule has 104 valence electrons. The van der Waals surface area contributed by atoms with Crippen molar-refractivity contribution in [2.75, 3.05) is 0 Å². The Morgan fingerprint density at radius 2 is 1.76 bits per heavy atom. The van der Waals surface area contributed by atoms with Gasteiger partial charge in [-0.2, -0.15) is 0 Å². The van der Waals surface area contributed by atoms with E-state index in [0.717, 1.165) is 22.4 Å². The Bertz CT molecular complexity index is 828. The van der Waals surface area contributed by atoms with Gasteiger partial charge in [-0.1, -0.05) is 51.1 Å². The third kappa shape index (κ3) is 2.53. The van der Waals surface area contributed by atoms with Crippen LogP contribution in [0, 0.1) is 6.57 Å². The predicted molar refractivity (Wildman–Crippen MR) is 86.5 cm³/mol. The summed E-state index contributed by atoms with van der Waals surface area (Å²) in [5.41, 5.74) is 4.93. The van der Waals surface area contributed by atoms with Gasteiger partial charge in [-0.15, -0.1) is 0 Å². The first kappa shape index (κ1) is 13.4. The number of fused-ring (bicyclic) bond motifs is 1. The quantitative estimate of drug-likeness (QED) is 0.617. The highest BCUT2D eigenvalue weighted by atomic mass is 14.9. The van der Waals surface area contributed by atoms with Crippen molar-refractivity contribution in [3.05, 3.63) is 59.4 Å². The molecule has 3 heteroatoms. The van der Waals surface area contributed by atoms with Gasteiger partial charge in [-0.25, -0.2) is 9.83 Å². The average Bonchev–Trinajstić information content (AvgIpc) is 2.89. The summed E-state index contributed by atoms with van der Waals surface area (Å²) in [6.07, 6.45) is 0. The molecule has 3 aromatic rings. The number of hydrogen-bond donors (Lipinski definition) is 1. The van der Waals surface area contributed by atoms with Crippen LogP contribution in [0.1, 0.15) is 26.3 Å². The van der Waals surface area contributed by atoms with E-state index in [1.165, 1.54) is 5.56 Å². The van der Waals surface area contributed by atoms with Crippen molar-refractivity contribution in [3.63, 3.8) is 0 Å². The van der Waals surface area contributed by atoms with Crippen molar-refractivity contribution in [1.82, 2.24) is 9.97 Å². The number of H-pyrrole nitrogens is 1. The minimum absolute atomic E-state index is 0.150. The molecule has 0 spiro atoms. The minimum Gasteiger partial charge on any atom is -0.339 e. The van der Waals surface area contributed by atoms with Crippen LogP contribution in [0.5, 0.6) is 0 Å². The Balaban J connectivity index is 2.02. The predicted octanol–water partition coefficient (Wildman–Crippen LogP) is 5.08. The summed E-state index contributed by atoms with van der Waals surface area (Å²) in [5, 5.41) is 0. The average molecular weight is 275 g/mol. The molecule has 1 aromatic heterocycles. The van der Waals surface area contributed by atoms with Gasteiger partial charge in [-0.3, -0.25) is 0 Å². The molecule has 1 N–H and O–H groups in total. The van der Waals surface area contributed by atoms with E-state index in [0.29, 0.717) is 5.69 Å². The Hall–Kier alpha value is -2.60. The molecule has 21 heavy (non-hydrogen) atoms. The topological polar surface area (TPSA) is 33.0 Å². The van der Waals surface area contributed by atoms with Gasteiger partial charge in [0.25, 0.3) is 0 Å². The van der Waals surface area contributed by atoms with Gasteiger partial charge >= 0.3 is 0 Å². The van der Waals surface area contributed by atoms with E-state index in [1.54, 1.807) is 6.07 Å². The number of hydrogen-bond acceptors (Lipinski definition) is 1. The SMILES string of the molecule is [C-]#[N+]c1ccc2nc(-c3ccc(C(C)(C)C)cc3)[nH]c2c1. The maximum atomic E-state index is 7.06. The van der Waals surface area contributed by atoms with Crippen LogP contribution < -0.4 is 0 Å². The zero-order valence-electron chi connectivity index (χ0n) is 12.4. The van der Waals surface area contributed by atoms with Crippen LogP contribution in [-0.2, 0) is 5.41 Å². The summed E-state index contributed by atoms with van der Waals surface area (Å²) in [5.74, 6) is 0.840. The second-order valence-electron chi connectivity index (χ2n) is 6.23. The molecule has 0 radical (unpaired) electrons. The lowest BCUT2D eigenvalue weighted by Crippen LogP contribution is -2.10. The lowest BCUT2D eigenvalue weighted by Gasteiger charge is -2.18. The van der Waals surface area contributed by atoms with E-state index < -0.39 is 0 Å². The van der Waals surface area contributed by atoms with Gasteiger partial charge in [0, 0.05) is 5.56 Å². The molecule has 0 amide bonds. The number of benzene rings is 2. The van der Waals surface area contributed by atoms with Crippen molar-refractivity contribution in [3.8, 4) is 11.4 Å². The first-order valence-electron chi connectivity index (χ1n) is 6.95. The Labute approximate surface area is 124 Å². The highest BCUT2D eigenvalue weighted by Crippen LogP contribution is 2.27. The molecule has 0 aliphatic rings. The highest BCUT2D eigenvalue weighted by Gasteiger charge is 2.13. The standard InChI is InChI=1S/C18H17N3/c1-18(2,3)13-7-5-12(6-8-13)17-20-15-10-9-14(19-4)11-16(15)21-17/h5-11H,1-3H3,(H,20,21). The summed E-state index contributed by atoms with van der Waals surface area (Å²) in [6, 6.07) is 14.0. The molecule has 2 aromatic carbocycles. The molecule has 0 aliphatic carbocycles. The minimum atomic E-state index is 0.150. The zero-order valence-corrected chi connectivity index (χ0v) is 12.4. The number of nitrogens with one attached hydrogen (secondary N) is 1. The smallest absolute Gasteiger partial charge is 0.189 e. The van der Waals surface area contributed by atoms with Gasteiger partial charge in [0.1, 0.15) is 5.82 Å². The number of aromatic amines is 1. The molecule has 0 atom stereocenters. The number of nitrogens with zero attached hydrogens (tertiary/aromatic N) is 2. The van der Waals surface area contributed by atoms with Crippen LogP contribution in [0.25, 0.3) is 27.3 Å². The van der Waals surface area contributed by atoms with Crippen molar-refractivity contribution in [2.45, 2.75) is 26.2 Å². The van der Waals surface area contributed by atoms with E-state index >= 15 is 0 Å². The third-order valence-electron chi connectivity index (χ3n) is 3.62. The molecule has 3 nitrogen and oxygen atoms in total. The van der Waals surface area contributed by atoms with Crippen LogP contribution in [-0.4, -0.2) is 9.97 Å². The van der Waals surface area contributed by atoms with E-state index in [4.69, 9.17) is 6.57 Å². The van der Waals surface area contributed by atoms with Crippen molar-refractivity contribution < 1.29 is 0 Å². The van der Waals surface area contributed by atoms with Crippen LogP contribution >= 0.6 is 0 Å². The van der Waals surface area contributed by atoms with Gasteiger partial charge in [0.15, 0.2) is 5.69 Å². The molecular weight excluding hydrogens is 258 g/mol. The van der Waals surface area contributed by atoms with E-state index in [2.05, 4.69) is 59.8 Å². The van der Waals surface area contributed by atoms with Crippen LogP contribution in [0.2, 0.25) is 0 Å². The number of aromatic nitrogens is 2. The molecule has 0 saturated heterocycles. The number of rotatable bonds is 1. The van der Waals surface area contributed by atoms with Crippen LogP contribution in [0.3, 0.4) is 0 Å².